The molecule has 20 heavy (non-hydrogen) atoms. The van der Waals surface area contributed by atoms with E-state index in [2.05, 4.69) is 16.3 Å². The van der Waals surface area contributed by atoms with Crippen LogP contribution in [0.1, 0.15) is 24.0 Å². The second kappa shape index (κ2) is 8.02. The average molecular weight is 276 g/mol. The minimum Gasteiger partial charge on any atom is -0.469 e. The van der Waals surface area contributed by atoms with Crippen molar-refractivity contribution >= 4 is 5.97 Å². The molecule has 1 heterocycles. The van der Waals surface area contributed by atoms with Crippen LogP contribution in [0.3, 0.4) is 0 Å². The first-order valence-electron chi connectivity index (χ1n) is 7.36. The van der Waals surface area contributed by atoms with Crippen molar-refractivity contribution in [2.45, 2.75) is 25.8 Å². The lowest BCUT2D eigenvalue weighted by Gasteiger charge is -2.15. The second-order valence-electron chi connectivity index (χ2n) is 5.25. The van der Waals surface area contributed by atoms with Gasteiger partial charge in [-0.25, -0.2) is 0 Å². The van der Waals surface area contributed by atoms with Crippen LogP contribution >= 0.6 is 0 Å². The minimum atomic E-state index is -0.186. The van der Waals surface area contributed by atoms with Crippen LogP contribution in [0.5, 0.6) is 0 Å². The molecule has 0 aromatic heterocycles. The predicted octanol–water partition coefficient (Wildman–Crippen LogP) is 1.59. The highest BCUT2D eigenvalue weighted by Gasteiger charge is 2.11. The van der Waals surface area contributed by atoms with E-state index in [4.69, 9.17) is 4.74 Å². The zero-order valence-electron chi connectivity index (χ0n) is 12.2. The number of likely N-dealkylation sites (tertiary alicyclic amines) is 1. The van der Waals surface area contributed by atoms with E-state index in [1.165, 1.54) is 38.6 Å². The number of carbonyl (C=O) groups is 1. The normalized spacial score (nSPS) is 15.4. The van der Waals surface area contributed by atoms with Crippen molar-refractivity contribution in [1.29, 1.82) is 0 Å². The largest absolute Gasteiger partial charge is 0.469 e. The number of rotatable bonds is 7. The van der Waals surface area contributed by atoms with E-state index in [0.29, 0.717) is 6.42 Å². The molecule has 110 valence electrons. The van der Waals surface area contributed by atoms with Gasteiger partial charge >= 0.3 is 5.97 Å². The molecule has 1 aromatic rings. The van der Waals surface area contributed by atoms with Gasteiger partial charge in [0.1, 0.15) is 0 Å². The lowest BCUT2D eigenvalue weighted by molar-refractivity contribution is -0.139. The van der Waals surface area contributed by atoms with Crippen molar-refractivity contribution < 1.29 is 9.53 Å². The summed E-state index contributed by atoms with van der Waals surface area (Å²) in [5, 5.41) is 3.47. The van der Waals surface area contributed by atoms with Crippen LogP contribution < -0.4 is 5.32 Å². The monoisotopic (exact) mass is 276 g/mol. The van der Waals surface area contributed by atoms with Crippen molar-refractivity contribution in [3.63, 3.8) is 0 Å². The van der Waals surface area contributed by atoms with Crippen LogP contribution in [0.15, 0.2) is 24.3 Å². The van der Waals surface area contributed by atoms with Gasteiger partial charge in [-0.05, 0) is 37.1 Å². The molecule has 0 aliphatic carbocycles. The molecule has 2 rings (SSSR count). The molecule has 4 heteroatoms. The van der Waals surface area contributed by atoms with Crippen molar-refractivity contribution in [1.82, 2.24) is 10.2 Å². The van der Waals surface area contributed by atoms with E-state index in [0.717, 1.165) is 25.2 Å². The fourth-order valence-electron chi connectivity index (χ4n) is 2.60. The summed E-state index contributed by atoms with van der Waals surface area (Å²) >= 11 is 0. The second-order valence-corrected chi connectivity index (χ2v) is 5.25. The number of nitrogens with zero attached hydrogens (tertiary/aromatic N) is 1. The Labute approximate surface area is 121 Å². The first kappa shape index (κ1) is 15.0. The van der Waals surface area contributed by atoms with Gasteiger partial charge in [0, 0.05) is 19.6 Å². The van der Waals surface area contributed by atoms with Crippen LogP contribution in [0, 0.1) is 0 Å². The Bertz CT molecular complexity index is 428. The topological polar surface area (TPSA) is 41.6 Å². The van der Waals surface area contributed by atoms with E-state index in [1.54, 1.807) is 0 Å². The van der Waals surface area contributed by atoms with Crippen LogP contribution in [0.25, 0.3) is 0 Å². The van der Waals surface area contributed by atoms with Crippen molar-refractivity contribution in [2.24, 2.45) is 0 Å². The molecule has 1 aromatic carbocycles. The molecule has 0 bridgehead atoms. The molecule has 1 fully saturated rings. The van der Waals surface area contributed by atoms with Crippen LogP contribution in [-0.2, 0) is 22.5 Å². The zero-order chi connectivity index (χ0) is 14.2. The van der Waals surface area contributed by atoms with E-state index in [9.17, 15) is 4.79 Å². The fourth-order valence-corrected chi connectivity index (χ4v) is 2.60. The van der Waals surface area contributed by atoms with Crippen LogP contribution in [0.4, 0.5) is 0 Å². The number of hydrogen-bond acceptors (Lipinski definition) is 4. The van der Waals surface area contributed by atoms with Gasteiger partial charge < -0.3 is 15.0 Å². The number of hydrogen-bond donors (Lipinski definition) is 1. The summed E-state index contributed by atoms with van der Waals surface area (Å²) in [6, 6.07) is 8.04. The number of ether oxygens (including phenoxy) is 1. The Balaban J connectivity index is 1.77. The highest BCUT2D eigenvalue weighted by atomic mass is 16.5. The van der Waals surface area contributed by atoms with Gasteiger partial charge in [-0.2, -0.15) is 0 Å². The molecular formula is C16H24N2O2. The minimum absolute atomic E-state index is 0.186. The molecule has 1 aliphatic heterocycles. The SMILES string of the molecule is COC(=O)Cc1ccccc1CNCCN1CCCC1. The Morgan fingerprint density at radius 3 is 2.65 bits per heavy atom. The molecule has 0 saturated carbocycles. The summed E-state index contributed by atoms with van der Waals surface area (Å²) in [7, 11) is 1.43. The lowest BCUT2D eigenvalue weighted by atomic mass is 10.0. The molecule has 0 spiro atoms. The predicted molar refractivity (Wildman–Crippen MR) is 79.5 cm³/mol. The molecule has 1 aliphatic rings. The van der Waals surface area contributed by atoms with Gasteiger partial charge in [0.2, 0.25) is 0 Å². The zero-order valence-corrected chi connectivity index (χ0v) is 12.2. The molecular weight excluding hydrogens is 252 g/mol. The summed E-state index contributed by atoms with van der Waals surface area (Å²) in [5.41, 5.74) is 2.23. The van der Waals surface area contributed by atoms with Gasteiger partial charge in [0.15, 0.2) is 0 Å². The molecule has 1 saturated heterocycles. The van der Waals surface area contributed by atoms with E-state index in [1.807, 2.05) is 18.2 Å². The fraction of sp³-hybridized carbons (Fsp3) is 0.562. The highest BCUT2D eigenvalue weighted by molar-refractivity contribution is 5.72. The summed E-state index contributed by atoms with van der Waals surface area (Å²) in [6.07, 6.45) is 3.02. The quantitative estimate of drug-likeness (QED) is 0.606. The Kier molecular flexibility index (Phi) is 6.02. The van der Waals surface area contributed by atoms with Gasteiger partial charge in [-0.1, -0.05) is 24.3 Å². The number of carbonyl (C=O) groups excluding carboxylic acids is 1. The average Bonchev–Trinajstić information content (AvgIpc) is 2.98. The summed E-state index contributed by atoms with van der Waals surface area (Å²) in [5.74, 6) is -0.186. The third kappa shape index (κ3) is 4.62. The third-order valence-electron chi connectivity index (χ3n) is 3.80. The number of methoxy groups -OCH3 is 1. The summed E-state index contributed by atoms with van der Waals surface area (Å²) in [6.45, 7) is 5.38. The van der Waals surface area contributed by atoms with Crippen LogP contribution in [-0.4, -0.2) is 44.2 Å². The molecule has 1 N–H and O–H groups in total. The molecule has 4 nitrogen and oxygen atoms in total. The first-order chi connectivity index (χ1) is 9.79. The van der Waals surface area contributed by atoms with Crippen molar-refractivity contribution in [3.05, 3.63) is 35.4 Å². The van der Waals surface area contributed by atoms with E-state index in [-0.39, 0.29) is 5.97 Å². The Hall–Kier alpha value is -1.39. The Morgan fingerprint density at radius 1 is 1.25 bits per heavy atom. The molecule has 0 atom stereocenters. The van der Waals surface area contributed by atoms with Crippen molar-refractivity contribution in [3.8, 4) is 0 Å². The maximum Gasteiger partial charge on any atom is 0.309 e. The summed E-state index contributed by atoms with van der Waals surface area (Å²) < 4.78 is 4.74. The van der Waals surface area contributed by atoms with Gasteiger partial charge in [-0.15, -0.1) is 0 Å². The van der Waals surface area contributed by atoms with Gasteiger partial charge in [0.25, 0.3) is 0 Å². The molecule has 0 radical (unpaired) electrons. The van der Waals surface area contributed by atoms with Crippen molar-refractivity contribution in [2.75, 3.05) is 33.3 Å². The Morgan fingerprint density at radius 2 is 1.95 bits per heavy atom. The molecule has 0 amide bonds. The summed E-state index contributed by atoms with van der Waals surface area (Å²) in [4.78, 5) is 13.9. The maximum absolute atomic E-state index is 11.4. The first-order valence-corrected chi connectivity index (χ1v) is 7.36. The number of esters is 1. The lowest BCUT2D eigenvalue weighted by Crippen LogP contribution is -2.29. The number of nitrogens with one attached hydrogen (secondary N) is 1. The van der Waals surface area contributed by atoms with Gasteiger partial charge in [-0.3, -0.25) is 4.79 Å². The maximum atomic E-state index is 11.4. The third-order valence-corrected chi connectivity index (χ3v) is 3.80. The number of benzene rings is 1. The standard InChI is InChI=1S/C16H24N2O2/c1-20-16(19)12-14-6-2-3-7-15(14)13-17-8-11-18-9-4-5-10-18/h2-3,6-7,17H,4-5,8-13H2,1H3. The van der Waals surface area contributed by atoms with E-state index < -0.39 is 0 Å². The van der Waals surface area contributed by atoms with Gasteiger partial charge in [0.05, 0.1) is 13.5 Å². The van der Waals surface area contributed by atoms with Crippen LogP contribution in [0.2, 0.25) is 0 Å². The highest BCUT2D eigenvalue weighted by Crippen LogP contribution is 2.10. The van der Waals surface area contributed by atoms with E-state index >= 15 is 0 Å². The smallest absolute Gasteiger partial charge is 0.309 e. The molecule has 0 unspecified atom stereocenters.